The third-order valence-corrected chi connectivity index (χ3v) is 7.35. The fourth-order valence-electron chi connectivity index (χ4n) is 3.45. The Bertz CT molecular complexity index is 1200. The molecule has 0 bridgehead atoms. The highest BCUT2D eigenvalue weighted by molar-refractivity contribution is 7.89. The van der Waals surface area contributed by atoms with Gasteiger partial charge in [-0.2, -0.15) is 9.40 Å². The van der Waals surface area contributed by atoms with Crippen molar-refractivity contribution < 1.29 is 17.6 Å². The van der Waals surface area contributed by atoms with E-state index in [1.54, 1.807) is 16.9 Å². The molecule has 12 heteroatoms. The van der Waals surface area contributed by atoms with Crippen LogP contribution in [0.15, 0.2) is 45.8 Å². The van der Waals surface area contributed by atoms with Gasteiger partial charge in [0.05, 0.1) is 10.8 Å². The predicted molar refractivity (Wildman–Crippen MR) is 117 cm³/mol. The molecule has 1 aliphatic heterocycles. The topological polar surface area (TPSA) is 123 Å². The molecule has 3 aromatic rings. The third kappa shape index (κ3) is 4.69. The van der Waals surface area contributed by atoms with Crippen LogP contribution in [0, 0.1) is 5.92 Å². The Balaban J connectivity index is 1.42. The summed E-state index contributed by atoms with van der Waals surface area (Å²) in [5, 5.41) is 15.2. The monoisotopic (exact) mass is 478 g/mol. The molecule has 0 spiro atoms. The second-order valence-electron chi connectivity index (χ2n) is 7.83. The normalized spacial score (nSPS) is 17.6. The number of halogens is 1. The Hall–Kier alpha value is -2.76. The van der Waals surface area contributed by atoms with Crippen molar-refractivity contribution in [3.8, 4) is 11.6 Å². The van der Waals surface area contributed by atoms with Gasteiger partial charge < -0.3 is 4.42 Å². The molecular weight excluding hydrogens is 456 g/mol. The molecule has 1 fully saturated rings. The Morgan fingerprint density at radius 1 is 1.22 bits per heavy atom. The number of hydrogen-bond donors (Lipinski definition) is 1. The minimum absolute atomic E-state index is 0.0539. The van der Waals surface area contributed by atoms with Gasteiger partial charge in [-0.15, -0.1) is 5.10 Å². The Labute approximate surface area is 190 Å². The van der Waals surface area contributed by atoms with E-state index in [2.05, 4.69) is 20.6 Å². The van der Waals surface area contributed by atoms with Gasteiger partial charge in [-0.3, -0.25) is 14.8 Å². The van der Waals surface area contributed by atoms with Gasteiger partial charge in [-0.25, -0.2) is 8.42 Å². The highest BCUT2D eigenvalue weighted by Crippen LogP contribution is 2.26. The molecule has 2 aromatic heterocycles. The van der Waals surface area contributed by atoms with Crippen LogP contribution in [0.2, 0.25) is 5.02 Å². The lowest BCUT2D eigenvalue weighted by molar-refractivity contribution is -0.121. The SMILES string of the molecule is CC(C)n1ccc(-c2nnc(NC(=O)C3CCCN(S(=O)(=O)c4ccc(Cl)cc4)C3)o2)n1. The van der Waals surface area contributed by atoms with Crippen LogP contribution in [-0.4, -0.2) is 51.7 Å². The average molecular weight is 479 g/mol. The van der Waals surface area contributed by atoms with Crippen LogP contribution in [0.3, 0.4) is 0 Å². The van der Waals surface area contributed by atoms with Gasteiger partial charge in [0.25, 0.3) is 5.89 Å². The first-order valence-corrected chi connectivity index (χ1v) is 12.0. The van der Waals surface area contributed by atoms with E-state index in [1.165, 1.54) is 28.6 Å². The highest BCUT2D eigenvalue weighted by atomic mass is 35.5. The summed E-state index contributed by atoms with van der Waals surface area (Å²) in [5.41, 5.74) is 0.504. The maximum atomic E-state index is 12.9. The van der Waals surface area contributed by atoms with Crippen LogP contribution in [0.25, 0.3) is 11.6 Å². The molecule has 0 saturated carbocycles. The number of amides is 1. The summed E-state index contributed by atoms with van der Waals surface area (Å²) in [7, 11) is -3.72. The van der Waals surface area contributed by atoms with E-state index in [1.807, 2.05) is 13.8 Å². The number of hydrogen-bond acceptors (Lipinski definition) is 7. The summed E-state index contributed by atoms with van der Waals surface area (Å²) < 4.78 is 34.5. The van der Waals surface area contributed by atoms with Crippen LogP contribution >= 0.6 is 11.6 Å². The summed E-state index contributed by atoms with van der Waals surface area (Å²) in [4.78, 5) is 12.9. The van der Waals surface area contributed by atoms with Gasteiger partial charge in [-0.1, -0.05) is 16.7 Å². The number of benzene rings is 1. The minimum Gasteiger partial charge on any atom is -0.401 e. The van der Waals surface area contributed by atoms with E-state index < -0.39 is 15.9 Å². The summed E-state index contributed by atoms with van der Waals surface area (Å²) in [6, 6.07) is 7.86. The Morgan fingerprint density at radius 2 is 1.97 bits per heavy atom. The van der Waals surface area contributed by atoms with Gasteiger partial charge in [0.2, 0.25) is 15.9 Å². The summed E-state index contributed by atoms with van der Waals surface area (Å²) in [5.74, 6) is -0.722. The lowest BCUT2D eigenvalue weighted by atomic mass is 9.99. The van der Waals surface area contributed by atoms with E-state index in [4.69, 9.17) is 16.0 Å². The van der Waals surface area contributed by atoms with Crippen molar-refractivity contribution in [3.05, 3.63) is 41.6 Å². The van der Waals surface area contributed by atoms with E-state index in [-0.39, 0.29) is 35.3 Å². The number of anilines is 1. The third-order valence-electron chi connectivity index (χ3n) is 5.22. The number of carbonyl (C=O) groups excluding carboxylic acids is 1. The predicted octanol–water partition coefficient (Wildman–Crippen LogP) is 3.21. The van der Waals surface area contributed by atoms with Crippen molar-refractivity contribution in [3.63, 3.8) is 0 Å². The second-order valence-corrected chi connectivity index (χ2v) is 10.2. The first-order chi connectivity index (χ1) is 15.2. The Morgan fingerprint density at radius 3 is 2.66 bits per heavy atom. The van der Waals surface area contributed by atoms with Crippen molar-refractivity contribution >= 4 is 33.5 Å². The molecule has 1 atom stereocenters. The fourth-order valence-corrected chi connectivity index (χ4v) is 5.10. The van der Waals surface area contributed by atoms with Crippen molar-refractivity contribution in [1.29, 1.82) is 0 Å². The van der Waals surface area contributed by atoms with Crippen LogP contribution in [-0.2, 0) is 14.8 Å². The molecule has 10 nitrogen and oxygen atoms in total. The average Bonchev–Trinajstić information content (AvgIpc) is 3.44. The smallest absolute Gasteiger partial charge is 0.322 e. The van der Waals surface area contributed by atoms with Crippen molar-refractivity contribution in [2.45, 2.75) is 37.6 Å². The van der Waals surface area contributed by atoms with Crippen molar-refractivity contribution in [1.82, 2.24) is 24.3 Å². The molecule has 32 heavy (non-hydrogen) atoms. The molecule has 1 unspecified atom stereocenters. The molecule has 170 valence electrons. The van der Waals surface area contributed by atoms with Crippen LogP contribution in [0.4, 0.5) is 6.01 Å². The Kier molecular flexibility index (Phi) is 6.31. The zero-order chi connectivity index (χ0) is 22.9. The summed E-state index contributed by atoms with van der Waals surface area (Å²) >= 11 is 5.86. The second kappa shape index (κ2) is 9.00. The fraction of sp³-hybridized carbons (Fsp3) is 0.400. The van der Waals surface area contributed by atoms with E-state index >= 15 is 0 Å². The molecule has 4 rings (SSSR count). The number of nitrogens with one attached hydrogen (secondary N) is 1. The van der Waals surface area contributed by atoms with Gasteiger partial charge in [-0.05, 0) is 57.0 Å². The molecule has 1 aliphatic rings. The molecule has 1 amide bonds. The lowest BCUT2D eigenvalue weighted by Crippen LogP contribution is -2.43. The minimum atomic E-state index is -3.72. The zero-order valence-corrected chi connectivity index (χ0v) is 19.2. The van der Waals surface area contributed by atoms with Crippen molar-refractivity contribution in [2.24, 2.45) is 5.92 Å². The van der Waals surface area contributed by atoms with Gasteiger partial charge in [0.15, 0.2) is 0 Å². The summed E-state index contributed by atoms with van der Waals surface area (Å²) in [6.07, 6.45) is 2.92. The molecule has 1 N–H and O–H groups in total. The lowest BCUT2D eigenvalue weighted by Gasteiger charge is -2.30. The molecule has 1 aromatic carbocycles. The molecule has 1 saturated heterocycles. The molecular formula is C20H23ClN6O4S. The number of nitrogens with zero attached hydrogens (tertiary/aromatic N) is 5. The van der Waals surface area contributed by atoms with Crippen LogP contribution < -0.4 is 5.32 Å². The van der Waals surface area contributed by atoms with Crippen molar-refractivity contribution in [2.75, 3.05) is 18.4 Å². The molecule has 0 aliphatic carbocycles. The first-order valence-electron chi connectivity index (χ1n) is 10.2. The van der Waals surface area contributed by atoms with Gasteiger partial charge in [0.1, 0.15) is 5.69 Å². The number of aromatic nitrogens is 4. The number of sulfonamides is 1. The van der Waals surface area contributed by atoms with E-state index in [0.29, 0.717) is 30.1 Å². The number of piperidine rings is 1. The molecule has 3 heterocycles. The maximum absolute atomic E-state index is 12.9. The quantitative estimate of drug-likeness (QED) is 0.576. The standard InChI is InChI=1S/C20H23ClN6O4S/c1-13(2)27-11-9-17(25-27)19-23-24-20(31-19)22-18(28)14-4-3-10-26(12-14)32(29,30)16-7-5-15(21)6-8-16/h5-9,11,13-14H,3-4,10,12H2,1-2H3,(H,22,24,28). The van der Waals surface area contributed by atoms with Gasteiger partial charge >= 0.3 is 6.01 Å². The zero-order valence-electron chi connectivity index (χ0n) is 17.6. The van der Waals surface area contributed by atoms with Gasteiger partial charge in [0, 0.05) is 30.4 Å². The van der Waals surface area contributed by atoms with E-state index in [9.17, 15) is 13.2 Å². The largest absolute Gasteiger partial charge is 0.401 e. The summed E-state index contributed by atoms with van der Waals surface area (Å²) in [6.45, 7) is 4.40. The highest BCUT2D eigenvalue weighted by Gasteiger charge is 2.34. The first kappa shape index (κ1) is 22.4. The van der Waals surface area contributed by atoms with Crippen LogP contribution in [0.5, 0.6) is 0 Å². The van der Waals surface area contributed by atoms with E-state index in [0.717, 1.165) is 0 Å². The van der Waals surface area contributed by atoms with Crippen LogP contribution in [0.1, 0.15) is 32.7 Å². The number of carbonyl (C=O) groups is 1. The molecule has 0 radical (unpaired) electrons. The maximum Gasteiger partial charge on any atom is 0.322 e. The number of rotatable bonds is 6.